The molecule has 0 atom stereocenters. The molecule has 0 aromatic carbocycles. The molecule has 6 heteroatoms. The summed E-state index contributed by atoms with van der Waals surface area (Å²) in [6.45, 7) is 4.30. The van der Waals surface area contributed by atoms with Crippen LogP contribution in [0.1, 0.15) is 60.3 Å². The second-order valence-electron chi connectivity index (χ2n) is 6.32. The van der Waals surface area contributed by atoms with Crippen molar-refractivity contribution < 1.29 is 4.79 Å². The van der Waals surface area contributed by atoms with Gasteiger partial charge >= 0.3 is 0 Å². The van der Waals surface area contributed by atoms with Gasteiger partial charge in [-0.3, -0.25) is 9.48 Å². The highest BCUT2D eigenvalue weighted by Crippen LogP contribution is 2.29. The molecule has 1 fully saturated rings. The van der Waals surface area contributed by atoms with E-state index < -0.39 is 0 Å². The van der Waals surface area contributed by atoms with Gasteiger partial charge in [0, 0.05) is 12.6 Å². The second kappa shape index (κ2) is 6.60. The lowest BCUT2D eigenvalue weighted by molar-refractivity contribution is 0.103. The van der Waals surface area contributed by atoms with E-state index in [0.717, 1.165) is 17.1 Å². The molecule has 0 aliphatic heterocycles. The Balaban J connectivity index is 1.62. The van der Waals surface area contributed by atoms with Gasteiger partial charge < -0.3 is 5.32 Å². The van der Waals surface area contributed by atoms with Crippen molar-refractivity contribution in [2.45, 2.75) is 52.0 Å². The molecule has 1 saturated carbocycles. The van der Waals surface area contributed by atoms with Crippen molar-refractivity contribution in [2.75, 3.05) is 5.32 Å². The zero-order valence-corrected chi connectivity index (χ0v) is 13.9. The van der Waals surface area contributed by atoms with Crippen LogP contribution >= 0.6 is 11.3 Å². The molecule has 2 heterocycles. The summed E-state index contributed by atoms with van der Waals surface area (Å²) < 4.78 is 1.99. The van der Waals surface area contributed by atoms with Gasteiger partial charge in [0.1, 0.15) is 4.88 Å². The Morgan fingerprint density at radius 2 is 2.18 bits per heavy atom. The minimum absolute atomic E-state index is 0.0986. The highest BCUT2D eigenvalue weighted by Gasteiger charge is 2.18. The first kappa shape index (κ1) is 15.2. The van der Waals surface area contributed by atoms with Crippen molar-refractivity contribution in [3.05, 3.63) is 28.5 Å². The molecule has 2 aromatic rings. The van der Waals surface area contributed by atoms with E-state index in [0.29, 0.717) is 16.8 Å². The van der Waals surface area contributed by atoms with E-state index in [1.54, 1.807) is 12.4 Å². The van der Waals surface area contributed by atoms with E-state index >= 15 is 0 Å². The first-order chi connectivity index (χ1) is 10.6. The van der Waals surface area contributed by atoms with Crippen LogP contribution in [-0.4, -0.2) is 20.7 Å². The van der Waals surface area contributed by atoms with Crippen LogP contribution in [0.5, 0.6) is 0 Å². The fourth-order valence-corrected chi connectivity index (χ4v) is 3.85. The summed E-state index contributed by atoms with van der Waals surface area (Å²) in [6, 6.07) is 0.492. The average molecular weight is 318 g/mol. The number of rotatable bonds is 5. The van der Waals surface area contributed by atoms with Crippen molar-refractivity contribution in [2.24, 2.45) is 5.92 Å². The smallest absolute Gasteiger partial charge is 0.267 e. The lowest BCUT2D eigenvalue weighted by Gasteiger charge is -2.08. The Labute approximate surface area is 134 Å². The van der Waals surface area contributed by atoms with Crippen LogP contribution in [0.15, 0.2) is 18.6 Å². The Hall–Kier alpha value is -1.69. The fourth-order valence-electron chi connectivity index (χ4n) is 2.82. The maximum absolute atomic E-state index is 12.3. The van der Waals surface area contributed by atoms with Crippen LogP contribution in [-0.2, 0) is 6.42 Å². The Morgan fingerprint density at radius 1 is 1.41 bits per heavy atom. The van der Waals surface area contributed by atoms with Gasteiger partial charge in [-0.1, -0.05) is 26.7 Å². The number of thiazole rings is 1. The summed E-state index contributed by atoms with van der Waals surface area (Å²) in [5.74, 6) is 0.449. The second-order valence-corrected chi connectivity index (χ2v) is 7.43. The molecular weight excluding hydrogens is 296 g/mol. The first-order valence-electron chi connectivity index (χ1n) is 7.92. The molecule has 1 amide bonds. The number of aromatic nitrogens is 3. The highest BCUT2D eigenvalue weighted by molar-refractivity contribution is 7.13. The molecule has 2 aromatic heterocycles. The number of hydrogen-bond acceptors (Lipinski definition) is 4. The molecule has 1 N–H and O–H groups in total. The number of nitrogens with zero attached hydrogens (tertiary/aromatic N) is 3. The normalized spacial score (nSPS) is 15.6. The maximum atomic E-state index is 12.3. The Kier molecular flexibility index (Phi) is 4.57. The van der Waals surface area contributed by atoms with E-state index in [4.69, 9.17) is 0 Å². The molecular formula is C16H22N4OS. The van der Waals surface area contributed by atoms with Crippen LogP contribution in [0.4, 0.5) is 5.69 Å². The largest absolute Gasteiger partial charge is 0.319 e. The van der Waals surface area contributed by atoms with Crippen LogP contribution < -0.4 is 5.32 Å². The number of nitrogens with one attached hydrogen (secondary N) is 1. The third kappa shape index (κ3) is 3.55. The van der Waals surface area contributed by atoms with Gasteiger partial charge in [-0.05, 0) is 18.8 Å². The highest BCUT2D eigenvalue weighted by atomic mass is 32.1. The molecule has 0 radical (unpaired) electrons. The summed E-state index contributed by atoms with van der Waals surface area (Å²) in [5, 5.41) is 8.31. The molecule has 1 aliphatic carbocycles. The van der Waals surface area contributed by atoms with Crippen molar-refractivity contribution in [1.82, 2.24) is 14.8 Å². The van der Waals surface area contributed by atoms with Gasteiger partial charge in [0.2, 0.25) is 0 Å². The molecule has 1 aliphatic rings. The number of anilines is 1. The van der Waals surface area contributed by atoms with Gasteiger partial charge in [-0.15, -0.1) is 11.3 Å². The molecule has 3 rings (SSSR count). The lowest BCUT2D eigenvalue weighted by atomic mass is 10.1. The van der Waals surface area contributed by atoms with Crippen LogP contribution in [0.3, 0.4) is 0 Å². The summed E-state index contributed by atoms with van der Waals surface area (Å²) in [7, 11) is 0. The van der Waals surface area contributed by atoms with Crippen molar-refractivity contribution in [3.8, 4) is 0 Å². The van der Waals surface area contributed by atoms with Crippen molar-refractivity contribution in [3.63, 3.8) is 0 Å². The first-order valence-corrected chi connectivity index (χ1v) is 8.73. The van der Waals surface area contributed by atoms with E-state index in [2.05, 4.69) is 29.2 Å². The minimum Gasteiger partial charge on any atom is -0.319 e. The third-order valence-electron chi connectivity index (χ3n) is 3.92. The van der Waals surface area contributed by atoms with Crippen LogP contribution in [0.25, 0.3) is 0 Å². The number of carbonyl (C=O) groups is 1. The topological polar surface area (TPSA) is 59.8 Å². The number of amides is 1. The zero-order valence-electron chi connectivity index (χ0n) is 13.1. The standard InChI is InChI=1S/C16H22N4OS/c1-11(2)7-15-17-9-14(22-15)16(21)19-12-8-18-20(10-12)13-5-3-4-6-13/h8-11,13H,3-7H2,1-2H3,(H,19,21). The quantitative estimate of drug-likeness (QED) is 0.909. The number of carbonyl (C=O) groups excluding carboxylic acids is 1. The van der Waals surface area contributed by atoms with E-state index in [-0.39, 0.29) is 5.91 Å². The summed E-state index contributed by atoms with van der Waals surface area (Å²) in [5.41, 5.74) is 0.760. The Bertz CT molecular complexity index is 640. The molecule has 5 nitrogen and oxygen atoms in total. The minimum atomic E-state index is -0.0986. The van der Waals surface area contributed by atoms with E-state index in [1.807, 2.05) is 10.9 Å². The molecule has 0 saturated heterocycles. The van der Waals surface area contributed by atoms with E-state index in [9.17, 15) is 4.79 Å². The van der Waals surface area contributed by atoms with Crippen molar-refractivity contribution >= 4 is 22.9 Å². The summed E-state index contributed by atoms with van der Waals surface area (Å²) in [4.78, 5) is 17.2. The third-order valence-corrected chi connectivity index (χ3v) is 4.94. The van der Waals surface area contributed by atoms with Gasteiger partial charge in [-0.25, -0.2) is 4.98 Å². The van der Waals surface area contributed by atoms with Crippen LogP contribution in [0, 0.1) is 5.92 Å². The molecule has 0 unspecified atom stereocenters. The zero-order chi connectivity index (χ0) is 15.5. The van der Waals surface area contributed by atoms with Gasteiger partial charge in [0.15, 0.2) is 0 Å². The van der Waals surface area contributed by atoms with Gasteiger partial charge in [0.25, 0.3) is 5.91 Å². The predicted molar refractivity (Wildman–Crippen MR) is 88.3 cm³/mol. The molecule has 118 valence electrons. The molecule has 22 heavy (non-hydrogen) atoms. The molecule has 0 bridgehead atoms. The lowest BCUT2D eigenvalue weighted by Crippen LogP contribution is -2.10. The summed E-state index contributed by atoms with van der Waals surface area (Å²) >= 11 is 1.47. The fraction of sp³-hybridized carbons (Fsp3) is 0.562. The Morgan fingerprint density at radius 3 is 2.91 bits per heavy atom. The summed E-state index contributed by atoms with van der Waals surface area (Å²) in [6.07, 6.45) is 11.1. The van der Waals surface area contributed by atoms with Crippen molar-refractivity contribution in [1.29, 1.82) is 0 Å². The number of hydrogen-bond donors (Lipinski definition) is 1. The predicted octanol–water partition coefficient (Wildman–Crippen LogP) is 3.91. The monoisotopic (exact) mass is 318 g/mol. The van der Waals surface area contributed by atoms with E-state index in [1.165, 1.54) is 37.0 Å². The average Bonchev–Trinajstić information content (AvgIpc) is 3.18. The SMILES string of the molecule is CC(C)Cc1ncc(C(=O)Nc2cnn(C3CCCC3)c2)s1. The van der Waals surface area contributed by atoms with Gasteiger partial charge in [-0.2, -0.15) is 5.10 Å². The van der Waals surface area contributed by atoms with Crippen LogP contribution in [0.2, 0.25) is 0 Å². The van der Waals surface area contributed by atoms with Gasteiger partial charge in [0.05, 0.1) is 29.1 Å². The molecule has 0 spiro atoms. The maximum Gasteiger partial charge on any atom is 0.267 e.